The van der Waals surface area contributed by atoms with Gasteiger partial charge in [0.25, 0.3) is 0 Å². The molecule has 0 saturated heterocycles. The molecule has 1 aromatic carbocycles. The molecule has 0 aliphatic carbocycles. The fourth-order valence-electron chi connectivity index (χ4n) is 1.68. The van der Waals surface area contributed by atoms with Gasteiger partial charge >= 0.3 is 0 Å². The summed E-state index contributed by atoms with van der Waals surface area (Å²) in [7, 11) is -3.39. The number of sulfonamides is 1. The molecule has 1 aromatic rings. The van der Waals surface area contributed by atoms with Crippen LogP contribution < -0.4 is 10.5 Å². The highest BCUT2D eigenvalue weighted by atomic mass is 32.2. The highest BCUT2D eigenvalue weighted by Gasteiger charge is 2.12. The zero-order valence-electron chi connectivity index (χ0n) is 11.7. The molecule has 5 heteroatoms. The summed E-state index contributed by atoms with van der Waals surface area (Å²) >= 11 is 0. The van der Waals surface area contributed by atoms with Gasteiger partial charge in [-0.2, -0.15) is 0 Å². The van der Waals surface area contributed by atoms with Crippen molar-refractivity contribution in [1.82, 2.24) is 4.72 Å². The Morgan fingerprint density at radius 1 is 1.21 bits per heavy atom. The Bertz CT molecular complexity index is 467. The molecular formula is C14H24N2O2S. The summed E-state index contributed by atoms with van der Waals surface area (Å²) in [6.07, 6.45) is 2.74. The molecule has 0 aromatic heterocycles. The maximum atomic E-state index is 11.9. The van der Waals surface area contributed by atoms with Crippen LogP contribution in [0.1, 0.15) is 32.3 Å². The number of rotatable bonds is 8. The summed E-state index contributed by atoms with van der Waals surface area (Å²) in [4.78, 5) is 0.317. The monoisotopic (exact) mass is 284 g/mol. The Kier molecular flexibility index (Phi) is 6.48. The van der Waals surface area contributed by atoms with Crippen molar-refractivity contribution in [3.05, 3.63) is 29.8 Å². The maximum Gasteiger partial charge on any atom is 0.240 e. The quantitative estimate of drug-likeness (QED) is 0.716. The van der Waals surface area contributed by atoms with E-state index in [0.29, 0.717) is 30.3 Å². The van der Waals surface area contributed by atoms with Crippen LogP contribution in [0.4, 0.5) is 0 Å². The first kappa shape index (κ1) is 16.1. The number of hydrogen-bond donors (Lipinski definition) is 2. The van der Waals surface area contributed by atoms with Gasteiger partial charge in [-0.1, -0.05) is 26.0 Å². The molecule has 0 spiro atoms. The topological polar surface area (TPSA) is 72.2 Å². The molecule has 108 valence electrons. The molecule has 0 unspecified atom stereocenters. The van der Waals surface area contributed by atoms with Crippen LogP contribution in [0, 0.1) is 5.92 Å². The van der Waals surface area contributed by atoms with Crippen molar-refractivity contribution >= 4 is 10.0 Å². The fourth-order valence-corrected chi connectivity index (χ4v) is 2.76. The third-order valence-electron chi connectivity index (χ3n) is 2.92. The van der Waals surface area contributed by atoms with Crippen LogP contribution in [-0.2, 0) is 16.4 Å². The summed E-state index contributed by atoms with van der Waals surface area (Å²) in [5, 5.41) is 0. The van der Waals surface area contributed by atoms with Gasteiger partial charge in [0.15, 0.2) is 0 Å². The van der Waals surface area contributed by atoms with E-state index in [1.54, 1.807) is 12.1 Å². The Labute approximate surface area is 116 Å². The van der Waals surface area contributed by atoms with Gasteiger partial charge < -0.3 is 5.73 Å². The van der Waals surface area contributed by atoms with Gasteiger partial charge in [-0.05, 0) is 49.4 Å². The lowest BCUT2D eigenvalue weighted by Gasteiger charge is -2.08. The molecule has 0 fully saturated rings. The largest absolute Gasteiger partial charge is 0.330 e. The summed E-state index contributed by atoms with van der Waals surface area (Å²) in [6.45, 7) is 5.23. The first-order valence-corrected chi connectivity index (χ1v) is 8.22. The van der Waals surface area contributed by atoms with Gasteiger partial charge in [0, 0.05) is 6.54 Å². The summed E-state index contributed by atoms with van der Waals surface area (Å²) < 4.78 is 26.4. The molecule has 3 N–H and O–H groups in total. The van der Waals surface area contributed by atoms with Crippen LogP contribution in [0.15, 0.2) is 29.2 Å². The van der Waals surface area contributed by atoms with Crippen molar-refractivity contribution in [1.29, 1.82) is 0 Å². The third-order valence-corrected chi connectivity index (χ3v) is 4.39. The van der Waals surface area contributed by atoms with Crippen LogP contribution in [0.2, 0.25) is 0 Å². The van der Waals surface area contributed by atoms with E-state index in [9.17, 15) is 8.42 Å². The SMILES string of the molecule is CC(C)CCc1ccc(S(=O)(=O)NCCCN)cc1. The minimum atomic E-state index is -3.39. The maximum absolute atomic E-state index is 11.9. The van der Waals surface area contributed by atoms with E-state index < -0.39 is 10.0 Å². The second kappa shape index (κ2) is 7.62. The molecule has 1 rings (SSSR count). The molecule has 0 bridgehead atoms. The molecule has 0 aliphatic heterocycles. The molecule has 4 nitrogen and oxygen atoms in total. The van der Waals surface area contributed by atoms with Crippen molar-refractivity contribution in [2.24, 2.45) is 11.7 Å². The average molecular weight is 284 g/mol. The third kappa shape index (κ3) is 5.72. The molecule has 19 heavy (non-hydrogen) atoms. The zero-order valence-corrected chi connectivity index (χ0v) is 12.5. The van der Waals surface area contributed by atoms with Gasteiger partial charge in [0.1, 0.15) is 0 Å². The number of hydrogen-bond acceptors (Lipinski definition) is 3. The number of aryl methyl sites for hydroxylation is 1. The van der Waals surface area contributed by atoms with Crippen LogP contribution in [0.25, 0.3) is 0 Å². The first-order chi connectivity index (χ1) is 8.95. The smallest absolute Gasteiger partial charge is 0.240 e. The lowest BCUT2D eigenvalue weighted by molar-refractivity contribution is 0.578. The molecule has 0 atom stereocenters. The van der Waals surface area contributed by atoms with E-state index in [4.69, 9.17) is 5.73 Å². The molecule has 0 heterocycles. The van der Waals surface area contributed by atoms with Crippen molar-refractivity contribution in [3.8, 4) is 0 Å². The first-order valence-electron chi connectivity index (χ1n) is 6.74. The van der Waals surface area contributed by atoms with Crippen molar-refractivity contribution in [2.75, 3.05) is 13.1 Å². The summed E-state index contributed by atoms with van der Waals surface area (Å²) in [5.41, 5.74) is 6.51. The van der Waals surface area contributed by atoms with Crippen LogP contribution in [0.5, 0.6) is 0 Å². The second-order valence-electron chi connectivity index (χ2n) is 5.12. The Balaban J connectivity index is 2.64. The summed E-state index contributed by atoms with van der Waals surface area (Å²) in [6, 6.07) is 7.11. The lowest BCUT2D eigenvalue weighted by atomic mass is 10.0. The number of nitrogens with one attached hydrogen (secondary N) is 1. The Morgan fingerprint density at radius 2 is 1.84 bits per heavy atom. The number of nitrogens with two attached hydrogens (primary N) is 1. The normalized spacial score (nSPS) is 12.0. The van der Waals surface area contributed by atoms with E-state index in [0.717, 1.165) is 12.8 Å². The highest BCUT2D eigenvalue weighted by molar-refractivity contribution is 7.89. The van der Waals surface area contributed by atoms with E-state index in [2.05, 4.69) is 18.6 Å². The van der Waals surface area contributed by atoms with E-state index in [1.807, 2.05) is 12.1 Å². The van der Waals surface area contributed by atoms with Gasteiger partial charge in [-0.25, -0.2) is 13.1 Å². The highest BCUT2D eigenvalue weighted by Crippen LogP contribution is 2.13. The zero-order chi connectivity index (χ0) is 14.3. The summed E-state index contributed by atoms with van der Waals surface area (Å²) in [5.74, 6) is 0.654. The number of benzene rings is 1. The Morgan fingerprint density at radius 3 is 2.37 bits per heavy atom. The van der Waals surface area contributed by atoms with E-state index >= 15 is 0 Å². The van der Waals surface area contributed by atoms with Crippen LogP contribution in [0.3, 0.4) is 0 Å². The minimum absolute atomic E-state index is 0.317. The molecule has 0 radical (unpaired) electrons. The minimum Gasteiger partial charge on any atom is -0.330 e. The van der Waals surface area contributed by atoms with Crippen molar-refractivity contribution < 1.29 is 8.42 Å². The van der Waals surface area contributed by atoms with Crippen molar-refractivity contribution in [3.63, 3.8) is 0 Å². The van der Waals surface area contributed by atoms with Gasteiger partial charge in [-0.15, -0.1) is 0 Å². The second-order valence-corrected chi connectivity index (χ2v) is 6.88. The molecule has 0 aliphatic rings. The fraction of sp³-hybridized carbons (Fsp3) is 0.571. The average Bonchev–Trinajstić information content (AvgIpc) is 2.37. The van der Waals surface area contributed by atoms with Crippen molar-refractivity contribution in [2.45, 2.75) is 38.0 Å². The lowest BCUT2D eigenvalue weighted by Crippen LogP contribution is -2.26. The van der Waals surface area contributed by atoms with E-state index in [1.165, 1.54) is 5.56 Å². The molecular weight excluding hydrogens is 260 g/mol. The van der Waals surface area contributed by atoms with E-state index in [-0.39, 0.29) is 0 Å². The van der Waals surface area contributed by atoms with Crippen LogP contribution in [-0.4, -0.2) is 21.5 Å². The predicted octanol–water partition coefficient (Wildman–Crippen LogP) is 1.90. The standard InChI is InChI=1S/C14H24N2O2S/c1-12(2)4-5-13-6-8-14(9-7-13)19(17,18)16-11-3-10-15/h6-9,12,16H,3-5,10-11,15H2,1-2H3. The van der Waals surface area contributed by atoms with Gasteiger partial charge in [0.2, 0.25) is 10.0 Å². The van der Waals surface area contributed by atoms with Crippen LogP contribution >= 0.6 is 0 Å². The molecule has 0 amide bonds. The predicted molar refractivity (Wildman–Crippen MR) is 78.5 cm³/mol. The molecule has 0 saturated carbocycles. The Hall–Kier alpha value is -0.910. The van der Waals surface area contributed by atoms with Gasteiger partial charge in [-0.3, -0.25) is 0 Å². The van der Waals surface area contributed by atoms with Gasteiger partial charge in [0.05, 0.1) is 4.90 Å².